The Labute approximate surface area is 244 Å². The number of nitrogens with one attached hydrogen (secondary N) is 1. The first-order valence-corrected chi connectivity index (χ1v) is 15.6. The van der Waals surface area contributed by atoms with Gasteiger partial charge in [-0.3, -0.25) is 14.2 Å². The summed E-state index contributed by atoms with van der Waals surface area (Å²) in [6.07, 6.45) is 3.82. The molecule has 1 amide bonds. The van der Waals surface area contributed by atoms with Crippen molar-refractivity contribution in [2.24, 2.45) is 11.3 Å². The molecule has 0 unspecified atom stereocenters. The predicted molar refractivity (Wildman–Crippen MR) is 167 cm³/mol. The van der Waals surface area contributed by atoms with Gasteiger partial charge in [0.2, 0.25) is 5.91 Å². The van der Waals surface area contributed by atoms with Gasteiger partial charge in [-0.25, -0.2) is 4.98 Å². The number of aryl methyl sites for hydroxylation is 3. The maximum atomic E-state index is 14.3. The topological polar surface area (TPSA) is 73.2 Å². The van der Waals surface area contributed by atoms with E-state index in [0.29, 0.717) is 16.8 Å². The number of nitrogens with zero attached hydrogens (tertiary/aromatic N) is 2. The van der Waals surface area contributed by atoms with Gasteiger partial charge >= 0.3 is 0 Å². The second-order valence-corrected chi connectivity index (χ2v) is 13.6. The molecule has 2 aromatic heterocycles. The molecule has 6 nitrogen and oxygen atoms in total. The molecule has 0 spiro atoms. The highest BCUT2D eigenvalue weighted by Crippen LogP contribution is 2.42. The van der Waals surface area contributed by atoms with Gasteiger partial charge in [-0.1, -0.05) is 57.7 Å². The zero-order chi connectivity index (χ0) is 28.6. The van der Waals surface area contributed by atoms with Gasteiger partial charge in [-0.05, 0) is 78.8 Å². The minimum atomic E-state index is -0.139. The van der Waals surface area contributed by atoms with Crippen LogP contribution in [-0.2, 0) is 24.1 Å². The van der Waals surface area contributed by atoms with E-state index < -0.39 is 0 Å². The molecular weight excluding hydrogens is 539 g/mol. The van der Waals surface area contributed by atoms with Crippen LogP contribution >= 0.6 is 23.1 Å². The fourth-order valence-electron chi connectivity index (χ4n) is 5.41. The Balaban J connectivity index is 1.56. The lowest BCUT2D eigenvalue weighted by atomic mass is 9.72. The molecule has 1 aliphatic rings. The van der Waals surface area contributed by atoms with E-state index in [1.54, 1.807) is 23.0 Å². The molecular formula is C32H37N3O3S2. The van der Waals surface area contributed by atoms with E-state index >= 15 is 0 Å². The van der Waals surface area contributed by atoms with Crippen LogP contribution in [0.15, 0.2) is 52.4 Å². The summed E-state index contributed by atoms with van der Waals surface area (Å²) in [5, 5.41) is 4.23. The highest BCUT2D eigenvalue weighted by molar-refractivity contribution is 7.99. The molecule has 1 atom stereocenters. The van der Waals surface area contributed by atoms with Crippen molar-refractivity contribution in [3.05, 3.63) is 74.4 Å². The molecule has 8 heteroatoms. The number of carbonyl (C=O) groups is 1. The first kappa shape index (κ1) is 28.4. The molecule has 5 rings (SSSR count). The third-order valence-electron chi connectivity index (χ3n) is 7.89. The van der Waals surface area contributed by atoms with Crippen molar-refractivity contribution in [1.82, 2.24) is 9.55 Å². The van der Waals surface area contributed by atoms with Crippen LogP contribution in [0.3, 0.4) is 0 Å². The van der Waals surface area contributed by atoms with E-state index in [1.165, 1.54) is 16.6 Å². The van der Waals surface area contributed by atoms with Crippen LogP contribution in [0, 0.1) is 18.3 Å². The van der Waals surface area contributed by atoms with E-state index in [4.69, 9.17) is 9.72 Å². The summed E-state index contributed by atoms with van der Waals surface area (Å²) in [4.78, 5) is 34.3. The van der Waals surface area contributed by atoms with Gasteiger partial charge in [0.15, 0.2) is 5.16 Å². The highest BCUT2D eigenvalue weighted by atomic mass is 32.2. The lowest BCUT2D eigenvalue weighted by Gasteiger charge is -2.33. The number of thiophene rings is 1. The average molecular weight is 576 g/mol. The lowest BCUT2D eigenvalue weighted by molar-refractivity contribution is -0.113. The number of fused-ring (bicyclic) bond motifs is 3. The quantitative estimate of drug-likeness (QED) is 0.186. The van der Waals surface area contributed by atoms with Gasteiger partial charge in [0.05, 0.1) is 23.9 Å². The van der Waals surface area contributed by atoms with Crippen LogP contribution in [-0.4, -0.2) is 28.3 Å². The Hall–Kier alpha value is -3.10. The molecule has 0 fully saturated rings. The van der Waals surface area contributed by atoms with Crippen molar-refractivity contribution in [3.63, 3.8) is 0 Å². The maximum Gasteiger partial charge on any atom is 0.267 e. The highest BCUT2D eigenvalue weighted by Gasteiger charge is 2.32. The van der Waals surface area contributed by atoms with Gasteiger partial charge in [0.1, 0.15) is 10.6 Å². The number of hydrogen-bond donors (Lipinski definition) is 1. The third-order valence-corrected chi connectivity index (χ3v) is 9.97. The van der Waals surface area contributed by atoms with Gasteiger partial charge in [-0.2, -0.15) is 0 Å². The number of rotatable bonds is 7. The molecule has 0 saturated carbocycles. The van der Waals surface area contributed by atoms with Crippen molar-refractivity contribution in [3.8, 4) is 11.4 Å². The van der Waals surface area contributed by atoms with Gasteiger partial charge in [-0.15, -0.1) is 11.3 Å². The summed E-state index contributed by atoms with van der Waals surface area (Å²) in [7, 11) is 1.62. The number of hydrogen-bond acceptors (Lipinski definition) is 6. The molecule has 1 aliphatic carbocycles. The van der Waals surface area contributed by atoms with Crippen LogP contribution in [0.5, 0.6) is 5.75 Å². The SMILES string of the molecule is CCc1cccc(NC(=O)CSc2nc3sc4c(c3c(=O)n2-c2cc(OC)ccc2C)CC[C@@H](C(C)(C)C)C4)c1. The Morgan fingerprint density at radius 1 is 1.23 bits per heavy atom. The molecule has 0 saturated heterocycles. The number of amides is 1. The van der Waals surface area contributed by atoms with Crippen LogP contribution in [0.4, 0.5) is 5.69 Å². The zero-order valence-corrected chi connectivity index (χ0v) is 25.7. The second kappa shape index (κ2) is 11.4. The minimum absolute atomic E-state index is 0.0772. The number of anilines is 1. The summed E-state index contributed by atoms with van der Waals surface area (Å²) in [6.45, 7) is 11.0. The standard InChI is InChI=1S/C32H37N3O3S2/c1-7-20-9-8-10-22(15-20)33-27(36)18-39-31-34-29-28(24-14-12-21(32(3,4)5)16-26(24)40-29)30(37)35(31)25-17-23(38-6)13-11-19(25)2/h8-11,13,15,17,21H,7,12,14,16,18H2,1-6H3,(H,33,36)/t21-/m1/s1. The normalized spacial score (nSPS) is 15.2. The largest absolute Gasteiger partial charge is 0.497 e. The third kappa shape index (κ3) is 5.70. The monoisotopic (exact) mass is 575 g/mol. The maximum absolute atomic E-state index is 14.3. The smallest absolute Gasteiger partial charge is 0.267 e. The number of carbonyl (C=O) groups excluding carboxylic acids is 1. The molecule has 0 radical (unpaired) electrons. The minimum Gasteiger partial charge on any atom is -0.497 e. The molecule has 0 aliphatic heterocycles. The fraction of sp³-hybridized carbons (Fsp3) is 0.406. The second-order valence-electron chi connectivity index (χ2n) is 11.6. The van der Waals surface area contributed by atoms with E-state index in [1.807, 2.05) is 49.4 Å². The summed E-state index contributed by atoms with van der Waals surface area (Å²) in [6, 6.07) is 13.6. The van der Waals surface area contributed by atoms with Crippen molar-refractivity contribution >= 4 is 44.9 Å². The van der Waals surface area contributed by atoms with E-state index in [-0.39, 0.29) is 22.6 Å². The Kier molecular flexibility index (Phi) is 8.11. The molecule has 210 valence electrons. The van der Waals surface area contributed by atoms with Crippen molar-refractivity contribution < 1.29 is 9.53 Å². The number of thioether (sulfide) groups is 1. The number of benzene rings is 2. The van der Waals surface area contributed by atoms with Crippen LogP contribution in [0.25, 0.3) is 15.9 Å². The molecule has 2 aromatic carbocycles. The van der Waals surface area contributed by atoms with E-state index in [2.05, 4.69) is 33.0 Å². The Morgan fingerprint density at radius 2 is 2.02 bits per heavy atom. The Bertz CT molecular complexity index is 1630. The molecule has 40 heavy (non-hydrogen) atoms. The van der Waals surface area contributed by atoms with Gasteiger partial charge in [0, 0.05) is 16.6 Å². The Morgan fingerprint density at radius 3 is 2.75 bits per heavy atom. The van der Waals surface area contributed by atoms with Crippen molar-refractivity contribution in [2.45, 2.75) is 65.5 Å². The first-order valence-electron chi connectivity index (χ1n) is 13.8. The number of ether oxygens (including phenoxy) is 1. The number of methoxy groups -OCH3 is 1. The average Bonchev–Trinajstić information content (AvgIpc) is 3.30. The molecule has 2 heterocycles. The molecule has 1 N–H and O–H groups in total. The van der Waals surface area contributed by atoms with Crippen LogP contribution < -0.4 is 15.6 Å². The zero-order valence-electron chi connectivity index (χ0n) is 24.1. The first-order chi connectivity index (χ1) is 19.1. The van der Waals surface area contributed by atoms with Crippen LogP contribution in [0.1, 0.15) is 55.7 Å². The van der Waals surface area contributed by atoms with Crippen molar-refractivity contribution in [1.29, 1.82) is 0 Å². The van der Waals surface area contributed by atoms with E-state index in [9.17, 15) is 9.59 Å². The van der Waals surface area contributed by atoms with Crippen LogP contribution in [0.2, 0.25) is 0 Å². The summed E-state index contributed by atoms with van der Waals surface area (Å²) in [5.41, 5.74) is 4.88. The number of aromatic nitrogens is 2. The lowest BCUT2D eigenvalue weighted by Crippen LogP contribution is -2.27. The predicted octanol–water partition coefficient (Wildman–Crippen LogP) is 7.21. The van der Waals surface area contributed by atoms with Crippen molar-refractivity contribution in [2.75, 3.05) is 18.2 Å². The fourth-order valence-corrected chi connectivity index (χ4v) is 7.55. The molecule has 4 aromatic rings. The van der Waals surface area contributed by atoms with Gasteiger partial charge in [0.25, 0.3) is 5.56 Å². The van der Waals surface area contributed by atoms with Gasteiger partial charge < -0.3 is 10.1 Å². The summed E-state index contributed by atoms with van der Waals surface area (Å²) >= 11 is 2.93. The summed E-state index contributed by atoms with van der Waals surface area (Å²) < 4.78 is 7.18. The summed E-state index contributed by atoms with van der Waals surface area (Å²) in [5.74, 6) is 1.23. The van der Waals surface area contributed by atoms with E-state index in [0.717, 1.165) is 64.0 Å². The molecule has 0 bridgehead atoms.